The zero-order valence-corrected chi connectivity index (χ0v) is 18.1. The molecule has 2 rings (SSSR count). The van der Waals surface area contributed by atoms with Gasteiger partial charge in [-0.15, -0.1) is 0 Å². The molecule has 1 aromatic heterocycles. The summed E-state index contributed by atoms with van der Waals surface area (Å²) in [6.07, 6.45) is 3.50. The number of anilines is 1. The number of hydrogen-bond donors (Lipinski definition) is 2. The van der Waals surface area contributed by atoms with Gasteiger partial charge >= 0.3 is 0 Å². The largest absolute Gasteiger partial charge is 0.481 e. The van der Waals surface area contributed by atoms with Gasteiger partial charge in [-0.05, 0) is 24.1 Å². The van der Waals surface area contributed by atoms with E-state index >= 15 is 0 Å². The van der Waals surface area contributed by atoms with Gasteiger partial charge < -0.3 is 10.1 Å². The molecule has 2 aromatic rings. The first-order chi connectivity index (χ1) is 14.1. The standard InChI is InChI=1S/C19H23N3O6S2/c1-28-18-9-8-16(14-20-18)21-19(23)17(11-12-29(2,24)25)22-30(26,27)13-10-15-6-4-3-5-7-15/h3-10,13-14,17,22H,11-12H2,1-2H3,(H,21,23)/b13-10+. The Balaban J connectivity index is 2.16. The van der Waals surface area contributed by atoms with Crippen LogP contribution in [-0.2, 0) is 24.7 Å². The van der Waals surface area contributed by atoms with Gasteiger partial charge in [0.15, 0.2) is 0 Å². The normalized spacial score (nSPS) is 13.1. The number of nitrogens with zero attached hydrogens (tertiary/aromatic N) is 1. The fraction of sp³-hybridized carbons (Fsp3) is 0.263. The highest BCUT2D eigenvalue weighted by molar-refractivity contribution is 7.92. The molecular formula is C19H23N3O6S2. The summed E-state index contributed by atoms with van der Waals surface area (Å²) in [4.78, 5) is 16.6. The highest BCUT2D eigenvalue weighted by Gasteiger charge is 2.25. The van der Waals surface area contributed by atoms with Crippen LogP contribution in [0.3, 0.4) is 0 Å². The minimum Gasteiger partial charge on any atom is -0.481 e. The molecule has 9 nitrogen and oxygen atoms in total. The molecule has 1 heterocycles. The van der Waals surface area contributed by atoms with Gasteiger partial charge in [0.1, 0.15) is 15.9 Å². The average molecular weight is 454 g/mol. The van der Waals surface area contributed by atoms with Crippen LogP contribution in [0.25, 0.3) is 6.08 Å². The van der Waals surface area contributed by atoms with Crippen LogP contribution in [0.4, 0.5) is 5.69 Å². The predicted octanol–water partition coefficient (Wildman–Crippen LogP) is 1.42. The Morgan fingerprint density at radius 3 is 2.40 bits per heavy atom. The summed E-state index contributed by atoms with van der Waals surface area (Å²) in [7, 11) is -5.98. The van der Waals surface area contributed by atoms with Crippen molar-refractivity contribution in [3.05, 3.63) is 59.6 Å². The smallest absolute Gasteiger partial charge is 0.242 e. The number of methoxy groups -OCH3 is 1. The van der Waals surface area contributed by atoms with Gasteiger partial charge in [-0.3, -0.25) is 4.79 Å². The number of sulfone groups is 1. The third kappa shape index (κ3) is 8.31. The SMILES string of the molecule is COc1ccc(NC(=O)C(CCS(C)(=O)=O)NS(=O)(=O)/C=C/c2ccccc2)cn1. The van der Waals surface area contributed by atoms with Crippen molar-refractivity contribution < 1.29 is 26.4 Å². The summed E-state index contributed by atoms with van der Waals surface area (Å²) in [6, 6.07) is 10.5. The van der Waals surface area contributed by atoms with Gasteiger partial charge in [0.25, 0.3) is 0 Å². The molecule has 1 amide bonds. The van der Waals surface area contributed by atoms with E-state index in [0.717, 1.165) is 11.7 Å². The number of aromatic nitrogens is 1. The van der Waals surface area contributed by atoms with E-state index in [1.165, 1.54) is 31.5 Å². The topological polar surface area (TPSA) is 132 Å². The molecule has 0 spiro atoms. The van der Waals surface area contributed by atoms with E-state index in [9.17, 15) is 21.6 Å². The Kier molecular flexibility index (Phi) is 8.09. The van der Waals surface area contributed by atoms with Crippen LogP contribution >= 0.6 is 0 Å². The minimum absolute atomic E-state index is 0.230. The molecule has 162 valence electrons. The van der Waals surface area contributed by atoms with Crippen LogP contribution < -0.4 is 14.8 Å². The maximum Gasteiger partial charge on any atom is 0.242 e. The Bertz CT molecular complexity index is 1080. The summed E-state index contributed by atoms with van der Waals surface area (Å²) < 4.78 is 55.1. The van der Waals surface area contributed by atoms with E-state index < -0.39 is 31.8 Å². The number of amides is 1. The number of hydrogen-bond acceptors (Lipinski definition) is 7. The van der Waals surface area contributed by atoms with Crippen molar-refractivity contribution in [1.29, 1.82) is 0 Å². The fourth-order valence-corrected chi connectivity index (χ4v) is 4.05. The summed E-state index contributed by atoms with van der Waals surface area (Å²) in [5.41, 5.74) is 0.966. The Labute approximate surface area is 176 Å². The van der Waals surface area contributed by atoms with Crippen molar-refractivity contribution in [3.8, 4) is 5.88 Å². The molecule has 30 heavy (non-hydrogen) atoms. The number of benzene rings is 1. The average Bonchev–Trinajstić information content (AvgIpc) is 2.70. The number of carbonyl (C=O) groups is 1. The molecule has 0 bridgehead atoms. The van der Waals surface area contributed by atoms with E-state index in [4.69, 9.17) is 4.74 Å². The number of carbonyl (C=O) groups excluding carboxylic acids is 1. The fourth-order valence-electron chi connectivity index (χ4n) is 2.35. The number of rotatable bonds is 10. The molecule has 1 aromatic carbocycles. The van der Waals surface area contributed by atoms with Gasteiger partial charge in [-0.2, -0.15) is 4.72 Å². The van der Waals surface area contributed by atoms with Crippen molar-refractivity contribution in [2.45, 2.75) is 12.5 Å². The molecule has 0 saturated carbocycles. The van der Waals surface area contributed by atoms with Crippen molar-refractivity contribution in [3.63, 3.8) is 0 Å². The van der Waals surface area contributed by atoms with Crippen LogP contribution in [0.2, 0.25) is 0 Å². The molecular weight excluding hydrogens is 430 g/mol. The molecule has 0 aliphatic rings. The van der Waals surface area contributed by atoms with Gasteiger partial charge in [-0.25, -0.2) is 21.8 Å². The van der Waals surface area contributed by atoms with E-state index in [1.54, 1.807) is 30.3 Å². The van der Waals surface area contributed by atoms with E-state index in [0.29, 0.717) is 17.1 Å². The third-order valence-corrected chi connectivity index (χ3v) is 5.94. The first-order valence-corrected chi connectivity index (χ1v) is 12.4. The summed E-state index contributed by atoms with van der Waals surface area (Å²) in [5, 5.41) is 3.45. The molecule has 1 unspecified atom stereocenters. The third-order valence-electron chi connectivity index (χ3n) is 3.85. The lowest BCUT2D eigenvalue weighted by Crippen LogP contribution is -2.44. The molecule has 0 saturated heterocycles. The van der Waals surface area contributed by atoms with Crippen LogP contribution in [0.5, 0.6) is 5.88 Å². The number of pyridine rings is 1. The summed E-state index contributed by atoms with van der Waals surface area (Å²) in [6.45, 7) is 0. The highest BCUT2D eigenvalue weighted by Crippen LogP contribution is 2.12. The molecule has 2 N–H and O–H groups in total. The zero-order valence-electron chi connectivity index (χ0n) is 16.5. The molecule has 0 aliphatic heterocycles. The monoisotopic (exact) mass is 453 g/mol. The molecule has 1 atom stereocenters. The van der Waals surface area contributed by atoms with E-state index in [2.05, 4.69) is 15.0 Å². The second-order valence-corrected chi connectivity index (χ2v) is 10.3. The first kappa shape index (κ1) is 23.5. The van der Waals surface area contributed by atoms with Crippen molar-refractivity contribution >= 4 is 37.5 Å². The van der Waals surface area contributed by atoms with Crippen molar-refractivity contribution in [2.24, 2.45) is 0 Å². The molecule has 0 fully saturated rings. The second-order valence-electron chi connectivity index (χ2n) is 6.43. The molecule has 0 radical (unpaired) electrons. The van der Waals surface area contributed by atoms with E-state index in [-0.39, 0.29) is 12.2 Å². The van der Waals surface area contributed by atoms with Crippen LogP contribution in [0, 0.1) is 0 Å². The lowest BCUT2D eigenvalue weighted by atomic mass is 10.2. The van der Waals surface area contributed by atoms with Crippen LogP contribution in [0.15, 0.2) is 54.1 Å². The minimum atomic E-state index is -4.02. The van der Waals surface area contributed by atoms with Crippen molar-refractivity contribution in [2.75, 3.05) is 24.4 Å². The summed E-state index contributed by atoms with van der Waals surface area (Å²) in [5.74, 6) is -0.729. The number of ether oxygens (including phenoxy) is 1. The quantitative estimate of drug-likeness (QED) is 0.556. The van der Waals surface area contributed by atoms with Gasteiger partial charge in [0.05, 0.1) is 24.7 Å². The van der Waals surface area contributed by atoms with Crippen molar-refractivity contribution in [1.82, 2.24) is 9.71 Å². The van der Waals surface area contributed by atoms with E-state index in [1.807, 2.05) is 0 Å². The van der Waals surface area contributed by atoms with Crippen LogP contribution in [-0.4, -0.2) is 52.9 Å². The second kappa shape index (κ2) is 10.3. The summed E-state index contributed by atoms with van der Waals surface area (Å²) >= 11 is 0. The molecule has 0 aliphatic carbocycles. The Morgan fingerprint density at radius 2 is 1.83 bits per heavy atom. The lowest BCUT2D eigenvalue weighted by Gasteiger charge is -2.17. The first-order valence-electron chi connectivity index (χ1n) is 8.82. The van der Waals surface area contributed by atoms with Gasteiger partial charge in [-0.1, -0.05) is 30.3 Å². The zero-order chi connectivity index (χ0) is 22.2. The lowest BCUT2D eigenvalue weighted by molar-refractivity contribution is -0.117. The molecule has 11 heteroatoms. The Morgan fingerprint density at radius 1 is 1.13 bits per heavy atom. The number of sulfonamides is 1. The maximum absolute atomic E-state index is 12.6. The predicted molar refractivity (Wildman–Crippen MR) is 115 cm³/mol. The van der Waals surface area contributed by atoms with Crippen LogP contribution in [0.1, 0.15) is 12.0 Å². The highest BCUT2D eigenvalue weighted by atomic mass is 32.2. The van der Waals surface area contributed by atoms with Gasteiger partial charge in [0.2, 0.25) is 21.8 Å². The maximum atomic E-state index is 12.6. The Hall–Kier alpha value is -2.76. The number of nitrogens with one attached hydrogen (secondary N) is 2. The van der Waals surface area contributed by atoms with Gasteiger partial charge in [0, 0.05) is 17.7 Å².